The molecular weight excluding hydrogens is 607 g/mol. The van der Waals surface area contributed by atoms with E-state index in [1.807, 2.05) is 0 Å². The molecule has 0 aromatic heterocycles. The zero-order chi connectivity index (χ0) is 26.7. The van der Waals surface area contributed by atoms with Crippen molar-refractivity contribution >= 4 is 14.9 Å². The summed E-state index contributed by atoms with van der Waals surface area (Å²) in [6.07, 6.45) is 16.3. The standard InChI is InChI=1S/C24H25.C13H10.2ClH.Zr/c1-5-17-15-24(4,6-2)23(18-9-7-8-10-18)21-14-19-13-16(3)11-12-20(19)22(17)21;1-3-7-12(8-4-1)11-13-9-5-2-6-10-13;;;/h7-9,11-13,15H,5-6,10H2,1-4H3;1-10H;2*1H;/q-1;;;;+2/p-2. The predicted molar refractivity (Wildman–Crippen MR) is 159 cm³/mol. The normalized spacial score (nSPS) is 18.2. The van der Waals surface area contributed by atoms with E-state index in [2.05, 4.69) is 137 Å². The summed E-state index contributed by atoms with van der Waals surface area (Å²) in [5.41, 5.74) is 11.3. The monoisotopic (exact) mass is 639 g/mol. The Morgan fingerprint density at radius 1 is 0.900 bits per heavy atom. The van der Waals surface area contributed by atoms with E-state index >= 15 is 0 Å². The summed E-state index contributed by atoms with van der Waals surface area (Å²) >= 11 is 1.46. The van der Waals surface area contributed by atoms with E-state index in [4.69, 9.17) is 0 Å². The molecule has 0 aliphatic heterocycles. The number of allylic oxidation sites excluding steroid dienone is 8. The van der Waals surface area contributed by atoms with Crippen molar-refractivity contribution in [2.45, 2.75) is 47.0 Å². The second kappa shape index (κ2) is 14.0. The summed E-state index contributed by atoms with van der Waals surface area (Å²) in [4.78, 5) is 0. The molecule has 0 fully saturated rings. The van der Waals surface area contributed by atoms with Gasteiger partial charge in [0.15, 0.2) is 0 Å². The van der Waals surface area contributed by atoms with Crippen molar-refractivity contribution in [3.63, 3.8) is 0 Å². The van der Waals surface area contributed by atoms with Gasteiger partial charge < -0.3 is 24.8 Å². The van der Waals surface area contributed by atoms with Crippen molar-refractivity contribution in [3.05, 3.63) is 153 Å². The molecule has 3 aromatic rings. The van der Waals surface area contributed by atoms with Crippen molar-refractivity contribution in [2.75, 3.05) is 0 Å². The van der Waals surface area contributed by atoms with Gasteiger partial charge in [0.05, 0.1) is 0 Å². The van der Waals surface area contributed by atoms with E-state index in [0.29, 0.717) is 0 Å². The maximum absolute atomic E-state index is 3.79. The predicted octanol–water partition coefficient (Wildman–Crippen LogP) is 1.58. The van der Waals surface area contributed by atoms with Crippen molar-refractivity contribution in [1.29, 1.82) is 0 Å². The quantitative estimate of drug-likeness (QED) is 0.372. The fraction of sp³-hybridized carbons (Fsp3) is 0.216. The van der Waals surface area contributed by atoms with E-state index in [9.17, 15) is 0 Å². The van der Waals surface area contributed by atoms with Gasteiger partial charge in [0.25, 0.3) is 0 Å². The van der Waals surface area contributed by atoms with Crippen LogP contribution in [0.4, 0.5) is 0 Å². The number of hydrogen-bond donors (Lipinski definition) is 0. The minimum atomic E-state index is 0. The van der Waals surface area contributed by atoms with Gasteiger partial charge in [-0.1, -0.05) is 79.5 Å². The molecule has 0 spiro atoms. The van der Waals surface area contributed by atoms with Gasteiger partial charge in [-0.2, -0.15) is 0 Å². The number of benzene rings is 3. The summed E-state index contributed by atoms with van der Waals surface area (Å²) in [5.74, 6) is 0. The minimum absolute atomic E-state index is 0. The van der Waals surface area contributed by atoms with Crippen LogP contribution in [0.1, 0.15) is 56.7 Å². The van der Waals surface area contributed by atoms with Crippen molar-refractivity contribution in [3.8, 4) is 0 Å². The third kappa shape index (κ3) is 6.44. The average Bonchev–Trinajstić information content (AvgIpc) is 3.61. The molecule has 3 aliphatic rings. The van der Waals surface area contributed by atoms with Crippen LogP contribution in [-0.4, -0.2) is 3.21 Å². The summed E-state index contributed by atoms with van der Waals surface area (Å²) in [5, 5.41) is 2.63. The first-order valence-corrected chi connectivity index (χ1v) is 15.0. The number of hydrogen-bond acceptors (Lipinski definition) is 0. The number of fused-ring (bicyclic) bond motifs is 2. The van der Waals surface area contributed by atoms with E-state index in [1.54, 1.807) is 0 Å². The van der Waals surface area contributed by atoms with Crippen LogP contribution in [0.15, 0.2) is 125 Å². The van der Waals surface area contributed by atoms with Crippen LogP contribution in [0.5, 0.6) is 0 Å². The second-order valence-electron chi connectivity index (χ2n) is 10.5. The van der Waals surface area contributed by atoms with E-state index in [1.165, 1.54) is 82.4 Å². The molecule has 202 valence electrons. The third-order valence-electron chi connectivity index (χ3n) is 7.92. The van der Waals surface area contributed by atoms with E-state index in [-0.39, 0.29) is 30.2 Å². The van der Waals surface area contributed by atoms with Gasteiger partial charge in [-0.3, -0.25) is 0 Å². The van der Waals surface area contributed by atoms with Gasteiger partial charge >= 0.3 is 99.2 Å². The molecule has 0 bridgehead atoms. The Morgan fingerprint density at radius 3 is 2.05 bits per heavy atom. The van der Waals surface area contributed by atoms with Crippen molar-refractivity contribution in [1.82, 2.24) is 0 Å². The SMILES string of the molecule is CCC1=CC(C)(CC)C(C2=CC=CC2)=C2[C-]=c3cc(C)ccc3=C12.[Cl-].[Cl-].[Zr+2]=[C](c1ccccc1)c1ccccc1. The molecule has 0 radical (unpaired) electrons. The molecule has 3 heteroatoms. The molecule has 0 amide bonds. The molecule has 1 unspecified atom stereocenters. The van der Waals surface area contributed by atoms with Crippen LogP contribution in [0.2, 0.25) is 0 Å². The third-order valence-corrected chi connectivity index (χ3v) is 9.34. The summed E-state index contributed by atoms with van der Waals surface area (Å²) in [7, 11) is 0. The topological polar surface area (TPSA) is 0 Å². The Kier molecular flexibility index (Phi) is 11.3. The molecule has 0 nitrogen and oxygen atoms in total. The average molecular weight is 642 g/mol. The van der Waals surface area contributed by atoms with Crippen LogP contribution in [0, 0.1) is 12.3 Å². The van der Waals surface area contributed by atoms with Gasteiger partial charge in [0, 0.05) is 0 Å². The molecule has 0 N–H and O–H groups in total. The Hall–Kier alpha value is -2.31. The fourth-order valence-corrected chi connectivity index (χ4v) is 6.56. The van der Waals surface area contributed by atoms with Crippen LogP contribution < -0.4 is 35.3 Å². The molecule has 0 saturated carbocycles. The zero-order valence-electron chi connectivity index (χ0n) is 23.7. The molecular formula is C37H35Cl2Zr-. The zero-order valence-corrected chi connectivity index (χ0v) is 27.7. The second-order valence-corrected chi connectivity index (χ2v) is 11.8. The van der Waals surface area contributed by atoms with Gasteiger partial charge in [-0.05, 0) is 31.6 Å². The Bertz CT molecular complexity index is 1580. The van der Waals surface area contributed by atoms with E-state index < -0.39 is 0 Å². The Balaban J connectivity index is 0.000000238. The van der Waals surface area contributed by atoms with Crippen molar-refractivity contribution < 1.29 is 49.0 Å². The fourth-order valence-electron chi connectivity index (χ4n) is 5.74. The molecule has 0 saturated heterocycles. The first-order valence-electron chi connectivity index (χ1n) is 13.7. The maximum atomic E-state index is 3.79. The summed E-state index contributed by atoms with van der Waals surface area (Å²) in [6.45, 7) is 9.15. The van der Waals surface area contributed by atoms with Crippen LogP contribution >= 0.6 is 0 Å². The van der Waals surface area contributed by atoms with Gasteiger partial charge in [0.2, 0.25) is 0 Å². The summed E-state index contributed by atoms with van der Waals surface area (Å²) < 4.78 is 1.42. The van der Waals surface area contributed by atoms with Crippen LogP contribution in [0.3, 0.4) is 0 Å². The van der Waals surface area contributed by atoms with E-state index in [0.717, 1.165) is 19.3 Å². The first-order chi connectivity index (χ1) is 18.4. The molecule has 1 atom stereocenters. The van der Waals surface area contributed by atoms with Gasteiger partial charge in [-0.25, -0.2) is 0 Å². The number of rotatable bonds is 5. The number of halogens is 2. The molecule has 6 rings (SSSR count). The van der Waals surface area contributed by atoms with Crippen LogP contribution in [-0.2, 0) is 24.2 Å². The molecule has 0 heterocycles. The van der Waals surface area contributed by atoms with Gasteiger partial charge in [-0.15, -0.1) is 33.7 Å². The van der Waals surface area contributed by atoms with Gasteiger partial charge in [0.1, 0.15) is 0 Å². The number of aryl methyl sites for hydroxylation is 1. The van der Waals surface area contributed by atoms with Crippen molar-refractivity contribution in [2.24, 2.45) is 5.41 Å². The molecule has 3 aromatic carbocycles. The molecule has 3 aliphatic carbocycles. The summed E-state index contributed by atoms with van der Waals surface area (Å²) in [6, 6.07) is 27.9. The Morgan fingerprint density at radius 2 is 1.52 bits per heavy atom. The first kappa shape index (κ1) is 32.2. The van der Waals surface area contributed by atoms with Crippen LogP contribution in [0.25, 0.3) is 11.6 Å². The Labute approximate surface area is 267 Å². The molecule has 40 heavy (non-hydrogen) atoms.